The van der Waals surface area contributed by atoms with E-state index >= 15 is 0 Å². The van der Waals surface area contributed by atoms with E-state index in [2.05, 4.69) is 30.8 Å². The van der Waals surface area contributed by atoms with Gasteiger partial charge in [0.05, 0.1) is 13.2 Å². The van der Waals surface area contributed by atoms with Crippen molar-refractivity contribution >= 4 is 0 Å². The third-order valence-electron chi connectivity index (χ3n) is 3.51. The fourth-order valence-corrected chi connectivity index (χ4v) is 2.28. The minimum absolute atomic E-state index is 0.151. The minimum Gasteiger partial charge on any atom is -0.366 e. The van der Waals surface area contributed by atoms with Crippen LogP contribution in [0.15, 0.2) is 85.5 Å². The number of hydrogen-bond donors (Lipinski definition) is 0. The summed E-state index contributed by atoms with van der Waals surface area (Å²) in [6, 6.07) is 20.3. The number of rotatable bonds is 9. The van der Waals surface area contributed by atoms with Gasteiger partial charge in [0.25, 0.3) is 0 Å². The third-order valence-corrected chi connectivity index (χ3v) is 3.51. The number of hydrogen-bond acceptors (Lipinski definition) is 2. The molecule has 0 heterocycles. The van der Waals surface area contributed by atoms with Crippen molar-refractivity contribution in [1.82, 2.24) is 0 Å². The molecule has 2 atom stereocenters. The van der Waals surface area contributed by atoms with Gasteiger partial charge in [0, 0.05) is 0 Å². The van der Waals surface area contributed by atoms with E-state index in [0.717, 1.165) is 11.1 Å². The summed E-state index contributed by atoms with van der Waals surface area (Å²) in [5, 5.41) is 0. The van der Waals surface area contributed by atoms with E-state index in [9.17, 15) is 0 Å². The normalized spacial score (nSPS) is 13.8. The van der Waals surface area contributed by atoms with Crippen LogP contribution in [0.2, 0.25) is 0 Å². The van der Waals surface area contributed by atoms with Crippen LogP contribution in [0.4, 0.5) is 0 Å². The molecule has 0 aliphatic heterocycles. The van der Waals surface area contributed by atoms with E-state index in [-0.39, 0.29) is 12.2 Å². The molecule has 0 spiro atoms. The van der Waals surface area contributed by atoms with Crippen molar-refractivity contribution in [3.63, 3.8) is 0 Å². The van der Waals surface area contributed by atoms with Crippen molar-refractivity contribution in [2.75, 3.05) is 0 Å². The summed E-state index contributed by atoms with van der Waals surface area (Å²) < 4.78 is 12.0. The second-order valence-corrected chi connectivity index (χ2v) is 5.28. The minimum atomic E-state index is -0.185. The molecule has 2 aromatic carbocycles. The molecule has 0 aliphatic carbocycles. The molecule has 0 amide bonds. The summed E-state index contributed by atoms with van der Waals surface area (Å²) in [6.45, 7) is 6.97. The van der Waals surface area contributed by atoms with Gasteiger partial charge in [-0.1, -0.05) is 78.9 Å². The summed E-state index contributed by atoms with van der Waals surface area (Å²) in [7, 11) is 0. The van der Waals surface area contributed by atoms with Gasteiger partial charge in [0.2, 0.25) is 0 Å². The van der Waals surface area contributed by atoms with E-state index < -0.39 is 0 Å². The van der Waals surface area contributed by atoms with Crippen LogP contribution in [0, 0.1) is 0 Å². The smallest absolute Gasteiger partial charge is 0.106 e. The Morgan fingerprint density at radius 2 is 1.30 bits per heavy atom. The van der Waals surface area contributed by atoms with Crippen molar-refractivity contribution in [3.8, 4) is 0 Å². The topological polar surface area (TPSA) is 18.5 Å². The van der Waals surface area contributed by atoms with Crippen LogP contribution in [0.3, 0.4) is 0 Å². The zero-order chi connectivity index (χ0) is 16.3. The van der Waals surface area contributed by atoms with Gasteiger partial charge in [-0.25, -0.2) is 0 Å². The molecule has 0 unspecified atom stereocenters. The molecular weight excluding hydrogens is 284 g/mol. The van der Waals surface area contributed by atoms with Crippen LogP contribution in [0.25, 0.3) is 0 Å². The Labute approximate surface area is 139 Å². The fraction of sp³-hybridized carbons (Fsp3) is 0.238. The van der Waals surface area contributed by atoms with Crippen molar-refractivity contribution in [1.29, 1.82) is 0 Å². The number of ether oxygens (including phenoxy) is 2. The second-order valence-electron chi connectivity index (χ2n) is 5.28. The third kappa shape index (κ3) is 5.85. The van der Waals surface area contributed by atoms with Gasteiger partial charge >= 0.3 is 0 Å². The predicted octanol–water partition coefficient (Wildman–Crippen LogP) is 4.92. The predicted molar refractivity (Wildman–Crippen MR) is 95.0 cm³/mol. The molecule has 120 valence electrons. The Bertz CT molecular complexity index is 590. The maximum Gasteiger partial charge on any atom is 0.106 e. The molecule has 2 aromatic rings. The van der Waals surface area contributed by atoms with Crippen molar-refractivity contribution in [2.24, 2.45) is 0 Å². The SMILES string of the molecule is C=C[C@H](OCc1ccccc1)[C@@H](/C=C\C)OCc1ccccc1. The molecule has 2 heteroatoms. The summed E-state index contributed by atoms with van der Waals surface area (Å²) in [5.41, 5.74) is 2.29. The summed E-state index contributed by atoms with van der Waals surface area (Å²) in [4.78, 5) is 0. The van der Waals surface area contributed by atoms with Gasteiger partial charge in [-0.15, -0.1) is 6.58 Å². The van der Waals surface area contributed by atoms with Gasteiger partial charge in [-0.05, 0) is 18.1 Å². The average molecular weight is 308 g/mol. The van der Waals surface area contributed by atoms with E-state index in [4.69, 9.17) is 9.47 Å². The number of benzene rings is 2. The molecule has 0 aromatic heterocycles. The molecule has 0 saturated heterocycles. The zero-order valence-corrected chi connectivity index (χ0v) is 13.6. The molecule has 0 fully saturated rings. The highest BCUT2D eigenvalue weighted by atomic mass is 16.5. The lowest BCUT2D eigenvalue weighted by Gasteiger charge is -2.23. The molecular formula is C21H24O2. The van der Waals surface area contributed by atoms with E-state index in [1.165, 1.54) is 0 Å². The first-order valence-electron chi connectivity index (χ1n) is 7.90. The zero-order valence-electron chi connectivity index (χ0n) is 13.6. The van der Waals surface area contributed by atoms with Gasteiger partial charge in [-0.2, -0.15) is 0 Å². The maximum absolute atomic E-state index is 6.03. The molecule has 2 rings (SSSR count). The van der Waals surface area contributed by atoms with Gasteiger partial charge in [0.15, 0.2) is 0 Å². The van der Waals surface area contributed by atoms with Crippen molar-refractivity contribution < 1.29 is 9.47 Å². The lowest BCUT2D eigenvalue weighted by atomic mass is 10.1. The molecule has 0 saturated carbocycles. The Hall–Kier alpha value is -2.16. The lowest BCUT2D eigenvalue weighted by molar-refractivity contribution is -0.0420. The highest BCUT2D eigenvalue weighted by Crippen LogP contribution is 2.14. The first kappa shape index (κ1) is 17.2. The van der Waals surface area contributed by atoms with Gasteiger partial charge in [-0.3, -0.25) is 0 Å². The molecule has 0 radical (unpaired) electrons. The Morgan fingerprint density at radius 3 is 1.74 bits per heavy atom. The summed E-state index contributed by atoms with van der Waals surface area (Å²) in [6.07, 6.45) is 5.47. The Kier molecular flexibility index (Phi) is 7.31. The summed E-state index contributed by atoms with van der Waals surface area (Å²) >= 11 is 0. The van der Waals surface area contributed by atoms with Crippen LogP contribution in [0.5, 0.6) is 0 Å². The lowest BCUT2D eigenvalue weighted by Crippen LogP contribution is -2.28. The largest absolute Gasteiger partial charge is 0.366 e. The highest BCUT2D eigenvalue weighted by molar-refractivity contribution is 5.15. The van der Waals surface area contributed by atoms with Gasteiger partial charge in [0.1, 0.15) is 12.2 Å². The second kappa shape index (κ2) is 9.78. The molecule has 23 heavy (non-hydrogen) atoms. The summed E-state index contributed by atoms with van der Waals surface area (Å²) in [5.74, 6) is 0. The van der Waals surface area contributed by atoms with E-state index in [0.29, 0.717) is 13.2 Å². The van der Waals surface area contributed by atoms with Crippen LogP contribution >= 0.6 is 0 Å². The monoisotopic (exact) mass is 308 g/mol. The van der Waals surface area contributed by atoms with E-state index in [1.807, 2.05) is 55.5 Å². The first-order chi connectivity index (χ1) is 11.3. The fourth-order valence-electron chi connectivity index (χ4n) is 2.28. The van der Waals surface area contributed by atoms with Crippen molar-refractivity contribution in [3.05, 3.63) is 96.6 Å². The molecule has 0 bridgehead atoms. The molecule has 2 nitrogen and oxygen atoms in total. The average Bonchev–Trinajstić information content (AvgIpc) is 2.62. The first-order valence-corrected chi connectivity index (χ1v) is 7.90. The van der Waals surface area contributed by atoms with Crippen LogP contribution in [-0.4, -0.2) is 12.2 Å². The van der Waals surface area contributed by atoms with Crippen LogP contribution in [0.1, 0.15) is 18.1 Å². The van der Waals surface area contributed by atoms with Crippen molar-refractivity contribution in [2.45, 2.75) is 32.3 Å². The number of allylic oxidation sites excluding steroid dienone is 1. The van der Waals surface area contributed by atoms with Crippen LogP contribution < -0.4 is 0 Å². The highest BCUT2D eigenvalue weighted by Gasteiger charge is 2.17. The quantitative estimate of drug-likeness (QED) is 0.612. The molecule has 0 aliphatic rings. The molecule has 0 N–H and O–H groups in total. The standard InChI is InChI=1S/C21H24O2/c1-3-11-21(23-17-19-14-9-6-10-15-19)20(4-2)22-16-18-12-7-5-8-13-18/h3-15,20-21H,2,16-17H2,1H3/b11-3-/t20-,21+/m0/s1. The Balaban J connectivity index is 1.94. The van der Waals surface area contributed by atoms with E-state index in [1.54, 1.807) is 6.08 Å². The van der Waals surface area contributed by atoms with Crippen LogP contribution in [-0.2, 0) is 22.7 Å². The maximum atomic E-state index is 6.03. The Morgan fingerprint density at radius 1 is 0.826 bits per heavy atom. The van der Waals surface area contributed by atoms with Gasteiger partial charge < -0.3 is 9.47 Å².